The van der Waals surface area contributed by atoms with Crippen LogP contribution in [0.25, 0.3) is 0 Å². The third kappa shape index (κ3) is 5.53. The topological polar surface area (TPSA) is 38.0 Å². The molecule has 1 rings (SSSR count). The number of nitrogens with one attached hydrogen (secondary N) is 1. The molecule has 2 heteroatoms. The van der Waals surface area contributed by atoms with Crippen molar-refractivity contribution in [3.05, 3.63) is 0 Å². The molecule has 1 unspecified atom stereocenters. The van der Waals surface area contributed by atoms with Crippen molar-refractivity contribution in [2.45, 2.75) is 76.8 Å². The van der Waals surface area contributed by atoms with Crippen LogP contribution < -0.4 is 11.1 Å². The van der Waals surface area contributed by atoms with E-state index >= 15 is 0 Å². The second kappa shape index (κ2) is 8.12. The minimum atomic E-state index is 0.574. The van der Waals surface area contributed by atoms with E-state index in [1.54, 1.807) is 0 Å². The van der Waals surface area contributed by atoms with Crippen LogP contribution in [0.1, 0.15) is 64.7 Å². The van der Waals surface area contributed by atoms with Crippen LogP contribution in [0.15, 0.2) is 0 Å². The molecule has 1 aliphatic carbocycles. The fourth-order valence-electron chi connectivity index (χ4n) is 2.51. The monoisotopic (exact) mass is 212 g/mol. The van der Waals surface area contributed by atoms with E-state index in [1.807, 2.05) is 0 Å². The summed E-state index contributed by atoms with van der Waals surface area (Å²) in [6, 6.07) is 1.34. The highest BCUT2D eigenvalue weighted by Gasteiger charge is 2.17. The lowest BCUT2D eigenvalue weighted by Gasteiger charge is -2.21. The van der Waals surface area contributed by atoms with Gasteiger partial charge in [-0.3, -0.25) is 0 Å². The molecule has 0 aromatic carbocycles. The zero-order chi connectivity index (χ0) is 10.9. The maximum atomic E-state index is 5.80. The van der Waals surface area contributed by atoms with Crippen molar-refractivity contribution in [2.24, 2.45) is 5.73 Å². The molecule has 0 bridgehead atoms. The second-order valence-corrected chi connectivity index (χ2v) is 4.93. The Labute approximate surface area is 95.0 Å². The highest BCUT2D eigenvalue weighted by Crippen LogP contribution is 2.18. The van der Waals surface area contributed by atoms with E-state index in [9.17, 15) is 0 Å². The lowest BCUT2D eigenvalue weighted by atomic mass is 10.1. The second-order valence-electron chi connectivity index (χ2n) is 4.93. The first kappa shape index (κ1) is 13.0. The van der Waals surface area contributed by atoms with Gasteiger partial charge in [0, 0.05) is 18.6 Å². The van der Waals surface area contributed by atoms with Gasteiger partial charge in [-0.2, -0.15) is 0 Å². The van der Waals surface area contributed by atoms with Crippen LogP contribution in [-0.2, 0) is 0 Å². The first-order valence-corrected chi connectivity index (χ1v) is 6.83. The average Bonchev–Trinajstić information content (AvgIpc) is 2.75. The summed E-state index contributed by atoms with van der Waals surface area (Å²) >= 11 is 0. The van der Waals surface area contributed by atoms with Gasteiger partial charge in [0.1, 0.15) is 0 Å². The highest BCUT2D eigenvalue weighted by atomic mass is 15.0. The summed E-state index contributed by atoms with van der Waals surface area (Å²) < 4.78 is 0. The summed E-state index contributed by atoms with van der Waals surface area (Å²) in [5, 5.41) is 3.72. The van der Waals surface area contributed by atoms with Gasteiger partial charge in [0.05, 0.1) is 0 Å². The van der Waals surface area contributed by atoms with Gasteiger partial charge >= 0.3 is 0 Å². The van der Waals surface area contributed by atoms with Crippen LogP contribution in [0.4, 0.5) is 0 Å². The molecular formula is C13H28N2. The van der Waals surface area contributed by atoms with Crippen molar-refractivity contribution in [3.63, 3.8) is 0 Å². The van der Waals surface area contributed by atoms with Gasteiger partial charge in [-0.1, -0.05) is 45.4 Å². The van der Waals surface area contributed by atoms with Crippen LogP contribution in [0.3, 0.4) is 0 Å². The van der Waals surface area contributed by atoms with Crippen molar-refractivity contribution in [1.82, 2.24) is 5.32 Å². The van der Waals surface area contributed by atoms with Gasteiger partial charge < -0.3 is 11.1 Å². The van der Waals surface area contributed by atoms with Crippen molar-refractivity contribution < 1.29 is 0 Å². The molecule has 3 N–H and O–H groups in total. The zero-order valence-corrected chi connectivity index (χ0v) is 10.3. The largest absolute Gasteiger partial charge is 0.329 e. The van der Waals surface area contributed by atoms with Crippen molar-refractivity contribution in [1.29, 1.82) is 0 Å². The number of nitrogens with two attached hydrogens (primary N) is 1. The molecule has 0 aromatic heterocycles. The van der Waals surface area contributed by atoms with Gasteiger partial charge in [0.25, 0.3) is 0 Å². The van der Waals surface area contributed by atoms with E-state index < -0.39 is 0 Å². The van der Waals surface area contributed by atoms with Crippen LogP contribution >= 0.6 is 0 Å². The van der Waals surface area contributed by atoms with Crippen molar-refractivity contribution in [2.75, 3.05) is 6.54 Å². The van der Waals surface area contributed by atoms with Gasteiger partial charge in [-0.05, 0) is 19.3 Å². The Morgan fingerprint density at radius 1 is 1.20 bits per heavy atom. The average molecular weight is 212 g/mol. The van der Waals surface area contributed by atoms with Crippen LogP contribution in [0.2, 0.25) is 0 Å². The highest BCUT2D eigenvalue weighted by molar-refractivity contribution is 4.79. The predicted molar refractivity (Wildman–Crippen MR) is 67.0 cm³/mol. The maximum Gasteiger partial charge on any atom is 0.0192 e. The molecule has 1 fully saturated rings. The SMILES string of the molecule is CCCCCCC(CN)NC1CCCC1. The van der Waals surface area contributed by atoms with Crippen LogP contribution in [-0.4, -0.2) is 18.6 Å². The molecule has 2 nitrogen and oxygen atoms in total. The van der Waals surface area contributed by atoms with Crippen molar-refractivity contribution in [3.8, 4) is 0 Å². The summed E-state index contributed by atoms with van der Waals surface area (Å²) in [6.45, 7) is 3.07. The van der Waals surface area contributed by atoms with Crippen molar-refractivity contribution >= 4 is 0 Å². The number of hydrogen-bond acceptors (Lipinski definition) is 2. The smallest absolute Gasteiger partial charge is 0.0192 e. The summed E-state index contributed by atoms with van der Waals surface area (Å²) in [7, 11) is 0. The van der Waals surface area contributed by atoms with E-state index in [4.69, 9.17) is 5.73 Å². The fourth-order valence-corrected chi connectivity index (χ4v) is 2.51. The molecule has 0 spiro atoms. The van der Waals surface area contributed by atoms with E-state index in [2.05, 4.69) is 12.2 Å². The Balaban J connectivity index is 2.06. The molecule has 90 valence electrons. The van der Waals surface area contributed by atoms with Gasteiger partial charge in [-0.15, -0.1) is 0 Å². The van der Waals surface area contributed by atoms with Gasteiger partial charge in [-0.25, -0.2) is 0 Å². The summed E-state index contributed by atoms with van der Waals surface area (Å²) in [6.07, 6.45) is 12.2. The minimum Gasteiger partial charge on any atom is -0.329 e. The number of hydrogen-bond donors (Lipinski definition) is 2. The molecule has 1 aliphatic rings. The summed E-state index contributed by atoms with van der Waals surface area (Å²) in [4.78, 5) is 0. The molecule has 1 saturated carbocycles. The Bertz CT molecular complexity index is 141. The van der Waals surface area contributed by atoms with Crippen LogP contribution in [0, 0.1) is 0 Å². The lowest BCUT2D eigenvalue weighted by molar-refractivity contribution is 0.402. The van der Waals surface area contributed by atoms with E-state index in [0.29, 0.717) is 6.04 Å². The molecule has 0 heterocycles. The molecule has 0 amide bonds. The molecule has 1 atom stereocenters. The molecule has 0 aliphatic heterocycles. The number of rotatable bonds is 8. The Morgan fingerprint density at radius 3 is 2.53 bits per heavy atom. The Morgan fingerprint density at radius 2 is 1.93 bits per heavy atom. The zero-order valence-electron chi connectivity index (χ0n) is 10.3. The van der Waals surface area contributed by atoms with Crippen LogP contribution in [0.5, 0.6) is 0 Å². The van der Waals surface area contributed by atoms with Gasteiger partial charge in [0.2, 0.25) is 0 Å². The van der Waals surface area contributed by atoms with E-state index in [0.717, 1.165) is 12.6 Å². The standard InChI is InChI=1S/C13H28N2/c1-2-3-4-5-10-13(11-14)15-12-8-6-7-9-12/h12-13,15H,2-11,14H2,1H3. The third-order valence-electron chi connectivity index (χ3n) is 3.52. The lowest BCUT2D eigenvalue weighted by Crippen LogP contribution is -2.41. The predicted octanol–water partition coefficient (Wildman–Crippen LogP) is 2.82. The first-order valence-electron chi connectivity index (χ1n) is 6.83. The normalized spacial score (nSPS) is 19.6. The molecular weight excluding hydrogens is 184 g/mol. The molecule has 0 radical (unpaired) electrons. The first-order chi connectivity index (χ1) is 7.36. The number of unbranched alkanes of at least 4 members (excludes halogenated alkanes) is 3. The molecule has 15 heavy (non-hydrogen) atoms. The molecule has 0 saturated heterocycles. The maximum absolute atomic E-state index is 5.80. The van der Waals surface area contributed by atoms with Gasteiger partial charge in [0.15, 0.2) is 0 Å². The summed E-state index contributed by atoms with van der Waals surface area (Å²) in [5.74, 6) is 0. The Kier molecular flexibility index (Phi) is 7.03. The minimum absolute atomic E-state index is 0.574. The third-order valence-corrected chi connectivity index (χ3v) is 3.52. The molecule has 0 aromatic rings. The summed E-state index contributed by atoms with van der Waals surface area (Å²) in [5.41, 5.74) is 5.80. The van der Waals surface area contributed by atoms with E-state index in [1.165, 1.54) is 57.8 Å². The fraction of sp³-hybridized carbons (Fsp3) is 1.00. The van der Waals surface area contributed by atoms with E-state index in [-0.39, 0.29) is 0 Å². The quantitative estimate of drug-likeness (QED) is 0.607. The Hall–Kier alpha value is -0.0800.